The van der Waals surface area contributed by atoms with Crippen LogP contribution in [0.4, 0.5) is 8.78 Å². The van der Waals surface area contributed by atoms with Crippen molar-refractivity contribution in [3.05, 3.63) is 69.2 Å². The van der Waals surface area contributed by atoms with Crippen LogP contribution in [0.5, 0.6) is 0 Å². The summed E-state index contributed by atoms with van der Waals surface area (Å²) in [6.45, 7) is 1.96. The van der Waals surface area contributed by atoms with Crippen molar-refractivity contribution in [2.75, 3.05) is 0 Å². The average Bonchev–Trinajstić information content (AvgIpc) is 2.39. The number of aryl methyl sites for hydroxylation is 1. The lowest BCUT2D eigenvalue weighted by molar-refractivity contribution is 0.481. The molecular weight excluding hydrogens is 326 g/mol. The molecule has 0 fully saturated rings. The second-order valence-corrected chi connectivity index (χ2v) is 5.61. The fourth-order valence-corrected chi connectivity index (χ4v) is 2.79. The molecule has 0 aliphatic carbocycles. The van der Waals surface area contributed by atoms with E-state index in [0.717, 1.165) is 21.7 Å². The topological polar surface area (TPSA) is 38.0 Å². The molecule has 106 valence electrons. The van der Waals surface area contributed by atoms with Gasteiger partial charge in [-0.15, -0.1) is 0 Å². The van der Waals surface area contributed by atoms with Crippen molar-refractivity contribution in [2.24, 2.45) is 5.84 Å². The summed E-state index contributed by atoms with van der Waals surface area (Å²) in [5.74, 6) is 3.90. The van der Waals surface area contributed by atoms with Crippen LogP contribution >= 0.6 is 15.9 Å². The molecule has 0 aliphatic heterocycles. The maximum Gasteiger partial charge on any atom is 0.162 e. The lowest BCUT2D eigenvalue weighted by Gasteiger charge is -2.18. The molecule has 0 spiro atoms. The minimum Gasteiger partial charge on any atom is -0.271 e. The van der Waals surface area contributed by atoms with Gasteiger partial charge in [0.25, 0.3) is 0 Å². The maximum atomic E-state index is 13.7. The highest BCUT2D eigenvalue weighted by molar-refractivity contribution is 9.10. The van der Waals surface area contributed by atoms with Gasteiger partial charge in [-0.3, -0.25) is 11.3 Å². The molecule has 1 unspecified atom stereocenters. The number of halogens is 3. The average molecular weight is 341 g/mol. The Hall–Kier alpha value is -1.30. The number of nitrogens with two attached hydrogens (primary N) is 1. The van der Waals surface area contributed by atoms with Crippen LogP contribution < -0.4 is 11.3 Å². The first-order valence-corrected chi connectivity index (χ1v) is 6.96. The van der Waals surface area contributed by atoms with Gasteiger partial charge in [0.1, 0.15) is 0 Å². The number of hydrogen-bond donors (Lipinski definition) is 2. The zero-order valence-corrected chi connectivity index (χ0v) is 12.5. The quantitative estimate of drug-likeness (QED) is 0.656. The van der Waals surface area contributed by atoms with Crippen LogP contribution in [0.25, 0.3) is 0 Å². The van der Waals surface area contributed by atoms with Crippen molar-refractivity contribution in [1.82, 2.24) is 5.43 Å². The van der Waals surface area contributed by atoms with Gasteiger partial charge in [-0.25, -0.2) is 8.78 Å². The molecule has 20 heavy (non-hydrogen) atoms. The third-order valence-electron chi connectivity index (χ3n) is 3.12. The van der Waals surface area contributed by atoms with Crippen molar-refractivity contribution in [2.45, 2.75) is 19.4 Å². The van der Waals surface area contributed by atoms with Gasteiger partial charge in [0, 0.05) is 4.47 Å². The lowest BCUT2D eigenvalue weighted by atomic mass is 9.98. The fraction of sp³-hybridized carbons (Fsp3) is 0.200. The molecule has 0 aliphatic rings. The van der Waals surface area contributed by atoms with E-state index in [-0.39, 0.29) is 12.5 Å². The van der Waals surface area contributed by atoms with Crippen molar-refractivity contribution in [3.63, 3.8) is 0 Å². The van der Waals surface area contributed by atoms with E-state index in [1.54, 1.807) is 6.07 Å². The van der Waals surface area contributed by atoms with Crippen LogP contribution in [0.2, 0.25) is 0 Å². The van der Waals surface area contributed by atoms with Crippen molar-refractivity contribution in [3.8, 4) is 0 Å². The Kier molecular flexibility index (Phi) is 4.86. The summed E-state index contributed by atoms with van der Waals surface area (Å²) < 4.78 is 27.9. The second kappa shape index (κ2) is 6.43. The van der Waals surface area contributed by atoms with E-state index in [4.69, 9.17) is 5.84 Å². The maximum absolute atomic E-state index is 13.7. The summed E-state index contributed by atoms with van der Waals surface area (Å²) >= 11 is 3.42. The number of hydrazine groups is 1. The van der Waals surface area contributed by atoms with Crippen LogP contribution in [0.1, 0.15) is 22.7 Å². The Balaban J connectivity index is 2.31. The summed E-state index contributed by atoms with van der Waals surface area (Å²) in [5.41, 5.74) is 4.94. The first-order valence-electron chi connectivity index (χ1n) is 6.17. The number of nitrogens with one attached hydrogen (secondary N) is 1. The van der Waals surface area contributed by atoms with Crippen molar-refractivity contribution in [1.29, 1.82) is 0 Å². The molecule has 2 aromatic carbocycles. The molecule has 2 nitrogen and oxygen atoms in total. The zero-order valence-electron chi connectivity index (χ0n) is 11.0. The summed E-state index contributed by atoms with van der Waals surface area (Å²) in [7, 11) is 0. The van der Waals surface area contributed by atoms with E-state index in [2.05, 4.69) is 21.4 Å². The molecule has 3 N–H and O–H groups in total. The minimum atomic E-state index is -0.844. The first kappa shape index (κ1) is 15.1. The van der Waals surface area contributed by atoms with E-state index in [9.17, 15) is 8.78 Å². The molecule has 1 atom stereocenters. The van der Waals surface area contributed by atoms with Gasteiger partial charge < -0.3 is 0 Å². The fourth-order valence-electron chi connectivity index (χ4n) is 2.16. The van der Waals surface area contributed by atoms with E-state index in [0.29, 0.717) is 5.56 Å². The normalized spacial score (nSPS) is 12.4. The molecule has 0 bridgehead atoms. The van der Waals surface area contributed by atoms with E-state index in [1.807, 2.05) is 25.1 Å². The molecule has 0 saturated carbocycles. The van der Waals surface area contributed by atoms with Crippen LogP contribution in [0.15, 0.2) is 40.9 Å². The van der Waals surface area contributed by atoms with Crippen LogP contribution in [-0.4, -0.2) is 0 Å². The summed E-state index contributed by atoms with van der Waals surface area (Å²) in [6, 6.07) is 9.72. The molecule has 0 heterocycles. The van der Waals surface area contributed by atoms with Crippen LogP contribution in [0.3, 0.4) is 0 Å². The van der Waals surface area contributed by atoms with E-state index >= 15 is 0 Å². The monoisotopic (exact) mass is 340 g/mol. The predicted octanol–water partition coefficient (Wildman–Crippen LogP) is 3.78. The molecule has 0 radical (unpaired) electrons. The van der Waals surface area contributed by atoms with Gasteiger partial charge in [0.05, 0.1) is 6.04 Å². The molecule has 0 amide bonds. The third-order valence-corrected chi connectivity index (χ3v) is 3.58. The molecule has 0 aromatic heterocycles. The van der Waals surface area contributed by atoms with Crippen LogP contribution in [-0.2, 0) is 6.42 Å². The highest BCUT2D eigenvalue weighted by Crippen LogP contribution is 2.24. The van der Waals surface area contributed by atoms with E-state index < -0.39 is 11.6 Å². The van der Waals surface area contributed by atoms with Gasteiger partial charge in [-0.05, 0) is 48.2 Å². The highest BCUT2D eigenvalue weighted by Gasteiger charge is 2.16. The van der Waals surface area contributed by atoms with Gasteiger partial charge in [-0.1, -0.05) is 34.1 Å². The molecule has 2 rings (SSSR count). The number of benzene rings is 2. The van der Waals surface area contributed by atoms with Crippen molar-refractivity contribution < 1.29 is 8.78 Å². The Morgan fingerprint density at radius 2 is 2.00 bits per heavy atom. The number of hydrogen-bond acceptors (Lipinski definition) is 2. The van der Waals surface area contributed by atoms with Gasteiger partial charge in [-0.2, -0.15) is 0 Å². The van der Waals surface area contributed by atoms with Crippen molar-refractivity contribution >= 4 is 15.9 Å². The first-order chi connectivity index (χ1) is 9.51. The minimum absolute atomic E-state index is 0.274. The van der Waals surface area contributed by atoms with Crippen LogP contribution in [0, 0.1) is 18.6 Å². The molecular formula is C15H15BrF2N2. The molecule has 2 aromatic rings. The Morgan fingerprint density at radius 3 is 2.65 bits per heavy atom. The number of rotatable bonds is 4. The zero-order chi connectivity index (χ0) is 14.7. The SMILES string of the molecule is Cc1cc(Br)cc(C(Cc2cccc(F)c2F)NN)c1. The summed E-state index contributed by atoms with van der Waals surface area (Å²) in [5, 5.41) is 0. The highest BCUT2D eigenvalue weighted by atomic mass is 79.9. The molecule has 5 heteroatoms. The van der Waals surface area contributed by atoms with E-state index in [1.165, 1.54) is 6.07 Å². The second-order valence-electron chi connectivity index (χ2n) is 4.70. The third kappa shape index (κ3) is 3.42. The standard InChI is InChI=1S/C15H15BrF2N2/c1-9-5-11(7-12(16)6-9)14(20-19)8-10-3-2-4-13(17)15(10)18/h2-7,14,20H,8,19H2,1H3. The largest absolute Gasteiger partial charge is 0.271 e. The van der Waals surface area contributed by atoms with Gasteiger partial charge in [0.2, 0.25) is 0 Å². The summed E-state index contributed by atoms with van der Waals surface area (Å²) in [6.07, 6.45) is 0.274. The Labute approximate surface area is 125 Å². The lowest BCUT2D eigenvalue weighted by Crippen LogP contribution is -2.30. The Morgan fingerprint density at radius 1 is 1.25 bits per heavy atom. The van der Waals surface area contributed by atoms with Gasteiger partial charge in [0.15, 0.2) is 11.6 Å². The summed E-state index contributed by atoms with van der Waals surface area (Å²) in [4.78, 5) is 0. The smallest absolute Gasteiger partial charge is 0.162 e. The molecule has 0 saturated heterocycles. The predicted molar refractivity (Wildman–Crippen MR) is 79.0 cm³/mol. The van der Waals surface area contributed by atoms with Gasteiger partial charge >= 0.3 is 0 Å². The Bertz CT molecular complexity index is 597.